The predicted octanol–water partition coefficient (Wildman–Crippen LogP) is 5.21. The first kappa shape index (κ1) is 19.1. The molecule has 4 nitrogen and oxygen atoms in total. The Morgan fingerprint density at radius 1 is 0.889 bits per heavy atom. The van der Waals surface area contributed by atoms with Crippen LogP contribution < -0.4 is 10.2 Å². The molecule has 0 heterocycles. The van der Waals surface area contributed by atoms with Crippen LogP contribution in [0.15, 0.2) is 78.9 Å². The molecule has 0 bridgehead atoms. The quantitative estimate of drug-likeness (QED) is 0.521. The van der Waals surface area contributed by atoms with Crippen molar-refractivity contribution >= 4 is 45.8 Å². The molecule has 0 saturated heterocycles. The van der Waals surface area contributed by atoms with E-state index in [1.54, 1.807) is 35.2 Å². The van der Waals surface area contributed by atoms with E-state index in [2.05, 4.69) is 27.9 Å². The van der Waals surface area contributed by atoms with Gasteiger partial charge in [0, 0.05) is 32.6 Å². The van der Waals surface area contributed by atoms with Crippen molar-refractivity contribution in [2.24, 2.45) is 0 Å². The highest BCUT2D eigenvalue weighted by Crippen LogP contribution is 2.19. The number of para-hydroxylation sites is 1. The molecule has 3 aromatic carbocycles. The molecule has 0 fully saturated rings. The Kier molecular flexibility index (Phi) is 6.24. The van der Waals surface area contributed by atoms with Gasteiger partial charge in [0.25, 0.3) is 11.8 Å². The summed E-state index contributed by atoms with van der Waals surface area (Å²) in [5, 5.41) is 2.86. The first-order valence-corrected chi connectivity index (χ1v) is 9.70. The van der Waals surface area contributed by atoms with Crippen molar-refractivity contribution in [2.75, 3.05) is 16.8 Å². The topological polar surface area (TPSA) is 49.4 Å². The van der Waals surface area contributed by atoms with E-state index in [1.807, 2.05) is 55.5 Å². The van der Waals surface area contributed by atoms with Gasteiger partial charge < -0.3 is 10.2 Å². The Morgan fingerprint density at radius 3 is 2.30 bits per heavy atom. The lowest BCUT2D eigenvalue weighted by Gasteiger charge is -2.21. The number of hydrogen-bond acceptors (Lipinski definition) is 2. The van der Waals surface area contributed by atoms with Crippen LogP contribution in [0.5, 0.6) is 0 Å². The van der Waals surface area contributed by atoms with Crippen molar-refractivity contribution in [1.29, 1.82) is 0 Å². The van der Waals surface area contributed by atoms with Gasteiger partial charge in [-0.15, -0.1) is 0 Å². The molecular weight excluding hydrogens is 451 g/mol. The molecule has 0 aliphatic carbocycles. The standard InChI is InChI=1S/C22H19IN2O2/c1-2-25(20-12-4-3-5-13-20)22(27)17-9-7-11-19(15-17)24-21(26)16-8-6-10-18(23)14-16/h3-15H,2H2,1H3,(H,24,26). The minimum Gasteiger partial charge on any atom is -0.322 e. The van der Waals surface area contributed by atoms with E-state index in [4.69, 9.17) is 0 Å². The molecule has 0 atom stereocenters. The molecule has 0 spiro atoms. The maximum atomic E-state index is 12.9. The van der Waals surface area contributed by atoms with Gasteiger partial charge in [0.05, 0.1) is 0 Å². The number of nitrogens with zero attached hydrogens (tertiary/aromatic N) is 1. The van der Waals surface area contributed by atoms with Crippen molar-refractivity contribution in [3.8, 4) is 0 Å². The van der Waals surface area contributed by atoms with Gasteiger partial charge in [-0.05, 0) is 78.0 Å². The molecule has 5 heteroatoms. The van der Waals surface area contributed by atoms with Crippen molar-refractivity contribution < 1.29 is 9.59 Å². The summed E-state index contributed by atoms with van der Waals surface area (Å²) in [5.74, 6) is -0.303. The largest absolute Gasteiger partial charge is 0.322 e. The predicted molar refractivity (Wildman–Crippen MR) is 117 cm³/mol. The molecule has 2 amide bonds. The van der Waals surface area contributed by atoms with Crippen molar-refractivity contribution in [3.63, 3.8) is 0 Å². The minimum atomic E-state index is -0.200. The zero-order valence-electron chi connectivity index (χ0n) is 14.9. The average Bonchev–Trinajstić information content (AvgIpc) is 2.69. The van der Waals surface area contributed by atoms with Crippen molar-refractivity contribution in [2.45, 2.75) is 6.92 Å². The highest BCUT2D eigenvalue weighted by atomic mass is 127. The van der Waals surface area contributed by atoms with E-state index in [1.165, 1.54) is 0 Å². The molecule has 1 N–H and O–H groups in total. The number of amides is 2. The SMILES string of the molecule is CCN(C(=O)c1cccc(NC(=O)c2cccc(I)c2)c1)c1ccccc1. The Balaban J connectivity index is 1.80. The van der Waals surface area contributed by atoms with Crippen molar-refractivity contribution in [1.82, 2.24) is 0 Å². The summed E-state index contributed by atoms with van der Waals surface area (Å²) < 4.78 is 0.991. The second kappa shape index (κ2) is 8.81. The zero-order valence-corrected chi connectivity index (χ0v) is 17.0. The first-order valence-electron chi connectivity index (χ1n) is 8.62. The van der Waals surface area contributed by atoms with Crippen molar-refractivity contribution in [3.05, 3.63) is 93.6 Å². The number of benzene rings is 3. The highest BCUT2D eigenvalue weighted by molar-refractivity contribution is 14.1. The van der Waals surface area contributed by atoms with Crippen LogP contribution in [0.1, 0.15) is 27.6 Å². The molecule has 0 aliphatic heterocycles. The third-order valence-electron chi connectivity index (χ3n) is 4.08. The summed E-state index contributed by atoms with van der Waals surface area (Å²) in [6, 6.07) is 23.9. The number of carbonyl (C=O) groups is 2. The van der Waals surface area contributed by atoms with E-state index in [0.29, 0.717) is 23.4 Å². The summed E-state index contributed by atoms with van der Waals surface area (Å²) in [5.41, 5.74) is 2.55. The Labute approximate surface area is 172 Å². The molecule has 3 aromatic rings. The lowest BCUT2D eigenvalue weighted by atomic mass is 10.1. The van der Waals surface area contributed by atoms with Crippen LogP contribution in [0.3, 0.4) is 0 Å². The van der Waals surface area contributed by atoms with Gasteiger partial charge >= 0.3 is 0 Å². The lowest BCUT2D eigenvalue weighted by Crippen LogP contribution is -2.30. The van der Waals surface area contributed by atoms with E-state index < -0.39 is 0 Å². The second-order valence-electron chi connectivity index (χ2n) is 5.93. The van der Waals surface area contributed by atoms with Crippen LogP contribution in [-0.2, 0) is 0 Å². The molecule has 0 aliphatic rings. The fourth-order valence-electron chi connectivity index (χ4n) is 2.77. The van der Waals surface area contributed by atoms with Crippen LogP contribution in [0.25, 0.3) is 0 Å². The van der Waals surface area contributed by atoms with Gasteiger partial charge in [0.2, 0.25) is 0 Å². The summed E-state index contributed by atoms with van der Waals surface area (Å²) in [4.78, 5) is 27.1. The molecule has 136 valence electrons. The molecule has 27 heavy (non-hydrogen) atoms. The number of carbonyl (C=O) groups excluding carboxylic acids is 2. The number of halogens is 1. The third-order valence-corrected chi connectivity index (χ3v) is 4.75. The molecule has 0 unspecified atom stereocenters. The van der Waals surface area contributed by atoms with Crippen LogP contribution in [0.2, 0.25) is 0 Å². The van der Waals surface area contributed by atoms with E-state index >= 15 is 0 Å². The van der Waals surface area contributed by atoms with Gasteiger partial charge in [-0.2, -0.15) is 0 Å². The number of hydrogen-bond donors (Lipinski definition) is 1. The van der Waals surface area contributed by atoms with Gasteiger partial charge in [-0.1, -0.05) is 30.3 Å². The van der Waals surface area contributed by atoms with Crippen LogP contribution in [-0.4, -0.2) is 18.4 Å². The van der Waals surface area contributed by atoms with Crippen LogP contribution in [0, 0.1) is 3.57 Å². The Hall–Kier alpha value is -2.67. The second-order valence-corrected chi connectivity index (χ2v) is 7.18. The third kappa shape index (κ3) is 4.74. The first-order chi connectivity index (χ1) is 13.1. The average molecular weight is 470 g/mol. The number of rotatable bonds is 5. The van der Waals surface area contributed by atoms with Gasteiger partial charge in [-0.3, -0.25) is 9.59 Å². The summed E-state index contributed by atoms with van der Waals surface area (Å²) >= 11 is 2.17. The van der Waals surface area contributed by atoms with Gasteiger partial charge in [-0.25, -0.2) is 0 Å². The number of anilines is 2. The van der Waals surface area contributed by atoms with E-state index in [9.17, 15) is 9.59 Å². The molecule has 0 saturated carbocycles. The zero-order chi connectivity index (χ0) is 19.2. The number of nitrogens with one attached hydrogen (secondary N) is 1. The highest BCUT2D eigenvalue weighted by Gasteiger charge is 2.16. The van der Waals surface area contributed by atoms with Crippen LogP contribution in [0.4, 0.5) is 11.4 Å². The fourth-order valence-corrected chi connectivity index (χ4v) is 3.31. The fraction of sp³-hybridized carbons (Fsp3) is 0.0909. The summed E-state index contributed by atoms with van der Waals surface area (Å²) in [7, 11) is 0. The lowest BCUT2D eigenvalue weighted by molar-refractivity contribution is 0.0985. The monoisotopic (exact) mass is 470 g/mol. The molecular formula is C22H19IN2O2. The van der Waals surface area contributed by atoms with Gasteiger partial charge in [0.15, 0.2) is 0 Å². The maximum Gasteiger partial charge on any atom is 0.258 e. The summed E-state index contributed by atoms with van der Waals surface area (Å²) in [6.45, 7) is 2.50. The Morgan fingerprint density at radius 2 is 1.59 bits per heavy atom. The van der Waals surface area contributed by atoms with Gasteiger partial charge in [0.1, 0.15) is 0 Å². The normalized spacial score (nSPS) is 10.3. The van der Waals surface area contributed by atoms with E-state index in [-0.39, 0.29) is 11.8 Å². The maximum absolute atomic E-state index is 12.9. The minimum absolute atomic E-state index is 0.103. The molecule has 3 rings (SSSR count). The molecule has 0 aromatic heterocycles. The smallest absolute Gasteiger partial charge is 0.258 e. The van der Waals surface area contributed by atoms with Crippen LogP contribution >= 0.6 is 22.6 Å². The molecule has 0 radical (unpaired) electrons. The Bertz CT molecular complexity index is 957. The van der Waals surface area contributed by atoms with E-state index in [0.717, 1.165) is 9.26 Å². The summed E-state index contributed by atoms with van der Waals surface area (Å²) in [6.07, 6.45) is 0.